The molecule has 0 N–H and O–H groups in total. The molecule has 1 aliphatic heterocycles. The maximum atomic E-state index is 11.7. The van der Waals surface area contributed by atoms with Gasteiger partial charge in [-0.05, 0) is 65.8 Å². The Morgan fingerprint density at radius 3 is 2.39 bits per heavy atom. The van der Waals surface area contributed by atoms with Crippen molar-refractivity contribution in [1.82, 2.24) is 0 Å². The number of benzene rings is 3. The lowest BCUT2D eigenvalue weighted by molar-refractivity contribution is -0.103. The molecule has 0 spiro atoms. The third kappa shape index (κ3) is 4.96. The van der Waals surface area contributed by atoms with Crippen molar-refractivity contribution in [2.24, 2.45) is 0 Å². The van der Waals surface area contributed by atoms with E-state index >= 15 is 0 Å². The van der Waals surface area contributed by atoms with Gasteiger partial charge in [-0.25, -0.2) is 0 Å². The summed E-state index contributed by atoms with van der Waals surface area (Å²) in [6, 6.07) is 25.4. The molecule has 2 nitrogen and oxygen atoms in total. The van der Waals surface area contributed by atoms with E-state index in [1.807, 2.05) is 36.4 Å². The standard InChI is InChI=1S/C29H31NO/c1-2-3-4-10-19-30-28-14-9-8-13-25(28)16-17-26-20-23(15-18-29(26)30)21-27(22-31)24-11-6-5-7-12-24/h5-9,11-15,18,20-22H,2-4,10,16-17,19H2,1H3/b27-21-. The maximum Gasteiger partial charge on any atom is 0.150 e. The number of carbonyl (C=O) groups excluding carboxylic acids is 1. The maximum absolute atomic E-state index is 11.7. The molecule has 0 radical (unpaired) electrons. The highest BCUT2D eigenvalue weighted by molar-refractivity contribution is 6.13. The van der Waals surface area contributed by atoms with Gasteiger partial charge in [-0.3, -0.25) is 4.79 Å². The molecule has 2 heteroatoms. The van der Waals surface area contributed by atoms with Crippen molar-refractivity contribution >= 4 is 29.3 Å². The van der Waals surface area contributed by atoms with Gasteiger partial charge in [0.05, 0.1) is 0 Å². The van der Waals surface area contributed by atoms with Gasteiger partial charge < -0.3 is 4.90 Å². The van der Waals surface area contributed by atoms with Crippen molar-refractivity contribution in [2.75, 3.05) is 11.4 Å². The smallest absolute Gasteiger partial charge is 0.150 e. The molecule has 0 aliphatic carbocycles. The Morgan fingerprint density at radius 1 is 0.839 bits per heavy atom. The lowest BCUT2D eigenvalue weighted by Gasteiger charge is -2.27. The van der Waals surface area contributed by atoms with Crippen molar-refractivity contribution in [2.45, 2.75) is 45.4 Å². The summed E-state index contributed by atoms with van der Waals surface area (Å²) in [7, 11) is 0. The fourth-order valence-electron chi connectivity index (χ4n) is 4.48. The zero-order valence-electron chi connectivity index (χ0n) is 18.4. The van der Waals surface area contributed by atoms with Crippen molar-refractivity contribution in [1.29, 1.82) is 0 Å². The Balaban J connectivity index is 1.68. The summed E-state index contributed by atoms with van der Waals surface area (Å²) in [5.74, 6) is 0. The predicted molar refractivity (Wildman–Crippen MR) is 132 cm³/mol. The highest BCUT2D eigenvalue weighted by atomic mass is 16.1. The van der Waals surface area contributed by atoms with E-state index in [1.165, 1.54) is 48.2 Å². The topological polar surface area (TPSA) is 20.3 Å². The molecule has 0 bridgehead atoms. The SMILES string of the molecule is CCCCCCN1c2ccccc2CCc2cc(/C=C(/C=O)c3ccccc3)ccc21. The second-order valence-corrected chi connectivity index (χ2v) is 8.31. The molecule has 3 aromatic rings. The number of fused-ring (bicyclic) bond motifs is 2. The van der Waals surface area contributed by atoms with Gasteiger partial charge >= 0.3 is 0 Å². The molecule has 4 rings (SSSR count). The van der Waals surface area contributed by atoms with Crippen LogP contribution in [0.1, 0.15) is 54.9 Å². The van der Waals surface area contributed by atoms with Crippen molar-refractivity contribution in [3.8, 4) is 0 Å². The van der Waals surface area contributed by atoms with E-state index in [0.29, 0.717) is 5.57 Å². The fraction of sp³-hybridized carbons (Fsp3) is 0.276. The number of para-hydroxylation sites is 1. The third-order valence-corrected chi connectivity index (χ3v) is 6.13. The third-order valence-electron chi connectivity index (χ3n) is 6.13. The lowest BCUT2D eigenvalue weighted by Crippen LogP contribution is -2.19. The first-order valence-corrected chi connectivity index (χ1v) is 11.5. The van der Waals surface area contributed by atoms with Gasteiger partial charge in [-0.2, -0.15) is 0 Å². The summed E-state index contributed by atoms with van der Waals surface area (Å²) in [6.07, 6.45) is 10.0. The molecule has 1 heterocycles. The van der Waals surface area contributed by atoms with Crippen LogP contribution in [0.25, 0.3) is 11.6 Å². The average Bonchev–Trinajstić information content (AvgIpc) is 2.97. The van der Waals surface area contributed by atoms with Gasteiger partial charge in [0.15, 0.2) is 6.29 Å². The number of aldehydes is 1. The number of unbranched alkanes of at least 4 members (excludes halogenated alkanes) is 3. The molecule has 0 fully saturated rings. The quantitative estimate of drug-likeness (QED) is 0.169. The Morgan fingerprint density at radius 2 is 1.58 bits per heavy atom. The number of aryl methyl sites for hydroxylation is 2. The van der Waals surface area contributed by atoms with Gasteiger partial charge in [0.1, 0.15) is 0 Å². The first kappa shape index (κ1) is 21.1. The minimum absolute atomic E-state index is 0.717. The van der Waals surface area contributed by atoms with Crippen LogP contribution in [0.3, 0.4) is 0 Å². The van der Waals surface area contributed by atoms with E-state index < -0.39 is 0 Å². The van der Waals surface area contributed by atoms with Crippen LogP contribution >= 0.6 is 0 Å². The summed E-state index contributed by atoms with van der Waals surface area (Å²) in [4.78, 5) is 14.3. The molecule has 1 aliphatic rings. The zero-order chi connectivity index (χ0) is 21.5. The van der Waals surface area contributed by atoms with E-state index in [0.717, 1.165) is 36.8 Å². The summed E-state index contributed by atoms with van der Waals surface area (Å²) in [5, 5.41) is 0. The summed E-state index contributed by atoms with van der Waals surface area (Å²) in [5.41, 5.74) is 8.20. The molecule has 0 atom stereocenters. The van der Waals surface area contributed by atoms with Gasteiger partial charge in [0.25, 0.3) is 0 Å². The van der Waals surface area contributed by atoms with Crippen LogP contribution in [-0.4, -0.2) is 12.8 Å². The molecule has 0 unspecified atom stereocenters. The minimum Gasteiger partial charge on any atom is -0.341 e. The molecular weight excluding hydrogens is 378 g/mol. The first-order chi connectivity index (χ1) is 15.3. The number of carbonyl (C=O) groups is 1. The Hall–Kier alpha value is -3.13. The normalized spacial score (nSPS) is 13.3. The van der Waals surface area contributed by atoms with Crippen LogP contribution < -0.4 is 4.90 Å². The van der Waals surface area contributed by atoms with Crippen molar-refractivity contribution in [3.63, 3.8) is 0 Å². The van der Waals surface area contributed by atoms with Gasteiger partial charge in [0.2, 0.25) is 0 Å². The molecule has 3 aromatic carbocycles. The molecule has 0 saturated heterocycles. The number of hydrogen-bond acceptors (Lipinski definition) is 2. The summed E-state index contributed by atoms with van der Waals surface area (Å²) >= 11 is 0. The highest BCUT2D eigenvalue weighted by Gasteiger charge is 2.20. The number of nitrogens with zero attached hydrogens (tertiary/aromatic N) is 1. The van der Waals surface area contributed by atoms with Crippen LogP contribution in [0.4, 0.5) is 11.4 Å². The van der Waals surface area contributed by atoms with Gasteiger partial charge in [-0.15, -0.1) is 0 Å². The van der Waals surface area contributed by atoms with Crippen LogP contribution in [0.15, 0.2) is 72.8 Å². The molecule has 31 heavy (non-hydrogen) atoms. The first-order valence-electron chi connectivity index (χ1n) is 11.5. The second-order valence-electron chi connectivity index (χ2n) is 8.31. The van der Waals surface area contributed by atoms with E-state index in [9.17, 15) is 4.79 Å². The number of allylic oxidation sites excluding steroid dienone is 1. The second kappa shape index (κ2) is 10.3. The van der Waals surface area contributed by atoms with Crippen molar-refractivity contribution in [3.05, 3.63) is 95.1 Å². The van der Waals surface area contributed by atoms with Crippen molar-refractivity contribution < 1.29 is 4.79 Å². The molecular formula is C29H31NO. The monoisotopic (exact) mass is 409 g/mol. The Labute approximate surface area is 186 Å². The molecule has 158 valence electrons. The number of hydrogen-bond donors (Lipinski definition) is 0. The Kier molecular flexibility index (Phi) is 6.99. The summed E-state index contributed by atoms with van der Waals surface area (Å²) in [6.45, 7) is 3.30. The summed E-state index contributed by atoms with van der Waals surface area (Å²) < 4.78 is 0. The van der Waals surface area contributed by atoms with Crippen LogP contribution in [0, 0.1) is 0 Å². The van der Waals surface area contributed by atoms with Crippen LogP contribution in [0.2, 0.25) is 0 Å². The average molecular weight is 410 g/mol. The number of rotatable bonds is 8. The predicted octanol–water partition coefficient (Wildman–Crippen LogP) is 7.24. The Bertz CT molecular complexity index is 1050. The van der Waals surface area contributed by atoms with Crippen LogP contribution in [0.5, 0.6) is 0 Å². The van der Waals surface area contributed by atoms with E-state index in [-0.39, 0.29) is 0 Å². The largest absolute Gasteiger partial charge is 0.341 e. The zero-order valence-corrected chi connectivity index (χ0v) is 18.4. The number of anilines is 2. The van der Waals surface area contributed by atoms with E-state index in [1.54, 1.807) is 0 Å². The highest BCUT2D eigenvalue weighted by Crippen LogP contribution is 2.37. The van der Waals surface area contributed by atoms with E-state index in [2.05, 4.69) is 54.3 Å². The van der Waals surface area contributed by atoms with Gasteiger partial charge in [-0.1, -0.05) is 80.8 Å². The molecule has 0 amide bonds. The molecule has 0 saturated carbocycles. The lowest BCUT2D eigenvalue weighted by atomic mass is 9.99. The minimum atomic E-state index is 0.717. The molecule has 0 aromatic heterocycles. The van der Waals surface area contributed by atoms with Crippen LogP contribution in [-0.2, 0) is 17.6 Å². The van der Waals surface area contributed by atoms with Gasteiger partial charge in [0, 0.05) is 23.5 Å². The van der Waals surface area contributed by atoms with E-state index in [4.69, 9.17) is 0 Å². The fourth-order valence-corrected chi connectivity index (χ4v) is 4.48.